The van der Waals surface area contributed by atoms with E-state index in [0.717, 1.165) is 49.0 Å². The summed E-state index contributed by atoms with van der Waals surface area (Å²) in [5, 5.41) is 6.70. The number of benzene rings is 1. The predicted molar refractivity (Wildman–Crippen MR) is 118 cm³/mol. The SMILES string of the molecule is CCNC(=NCc1ccc(OC)nc1)NCc1ccc(C)cc1OCC1CCOC1. The second-order valence-corrected chi connectivity index (χ2v) is 7.41. The zero-order valence-corrected chi connectivity index (χ0v) is 18.1. The minimum atomic E-state index is 0.475. The van der Waals surface area contributed by atoms with E-state index in [0.29, 0.717) is 31.5 Å². The average molecular weight is 413 g/mol. The number of aliphatic imine (C=N–C) groups is 1. The number of hydrogen-bond donors (Lipinski definition) is 2. The van der Waals surface area contributed by atoms with E-state index in [9.17, 15) is 0 Å². The first-order valence-corrected chi connectivity index (χ1v) is 10.5. The molecule has 1 unspecified atom stereocenters. The number of aryl methyl sites for hydroxylation is 1. The van der Waals surface area contributed by atoms with E-state index >= 15 is 0 Å². The third kappa shape index (κ3) is 6.62. The van der Waals surface area contributed by atoms with Crippen molar-refractivity contribution in [3.05, 3.63) is 53.2 Å². The van der Waals surface area contributed by atoms with Crippen molar-refractivity contribution in [2.75, 3.05) is 33.5 Å². The molecule has 1 atom stereocenters. The monoisotopic (exact) mass is 412 g/mol. The van der Waals surface area contributed by atoms with Crippen LogP contribution in [0.15, 0.2) is 41.5 Å². The molecule has 7 nitrogen and oxygen atoms in total. The zero-order valence-electron chi connectivity index (χ0n) is 18.1. The number of rotatable bonds is 9. The van der Waals surface area contributed by atoms with Gasteiger partial charge in [0.2, 0.25) is 5.88 Å². The first-order valence-electron chi connectivity index (χ1n) is 10.5. The minimum Gasteiger partial charge on any atom is -0.493 e. The Morgan fingerprint density at radius 1 is 1.27 bits per heavy atom. The van der Waals surface area contributed by atoms with E-state index in [2.05, 4.69) is 52.7 Å². The van der Waals surface area contributed by atoms with Gasteiger partial charge in [0, 0.05) is 43.4 Å². The van der Waals surface area contributed by atoms with Crippen molar-refractivity contribution in [2.24, 2.45) is 10.9 Å². The number of aromatic nitrogens is 1. The Bertz CT molecular complexity index is 818. The fourth-order valence-electron chi connectivity index (χ4n) is 3.18. The molecular formula is C23H32N4O3. The molecular weight excluding hydrogens is 380 g/mol. The Morgan fingerprint density at radius 3 is 2.87 bits per heavy atom. The van der Waals surface area contributed by atoms with Gasteiger partial charge in [-0.05, 0) is 37.5 Å². The summed E-state index contributed by atoms with van der Waals surface area (Å²) in [5.41, 5.74) is 3.31. The molecule has 2 heterocycles. The van der Waals surface area contributed by atoms with Crippen molar-refractivity contribution in [3.63, 3.8) is 0 Å². The number of hydrogen-bond acceptors (Lipinski definition) is 5. The molecule has 0 radical (unpaired) electrons. The quantitative estimate of drug-likeness (QED) is 0.487. The number of guanidine groups is 1. The number of nitrogens with zero attached hydrogens (tertiary/aromatic N) is 2. The first kappa shape index (κ1) is 21.9. The maximum atomic E-state index is 6.14. The summed E-state index contributed by atoms with van der Waals surface area (Å²) in [5.74, 6) is 2.75. The molecule has 1 aromatic carbocycles. The largest absolute Gasteiger partial charge is 0.493 e. The second-order valence-electron chi connectivity index (χ2n) is 7.41. The van der Waals surface area contributed by atoms with Gasteiger partial charge in [-0.15, -0.1) is 0 Å². The van der Waals surface area contributed by atoms with E-state index in [1.165, 1.54) is 5.56 Å². The lowest BCUT2D eigenvalue weighted by atomic mass is 10.1. The highest BCUT2D eigenvalue weighted by Gasteiger charge is 2.17. The molecule has 0 spiro atoms. The zero-order chi connectivity index (χ0) is 21.2. The minimum absolute atomic E-state index is 0.475. The predicted octanol–water partition coefficient (Wildman–Crippen LogP) is 3.07. The molecule has 1 aliphatic rings. The van der Waals surface area contributed by atoms with E-state index in [1.807, 2.05) is 12.1 Å². The van der Waals surface area contributed by atoms with E-state index in [4.69, 9.17) is 14.2 Å². The molecule has 7 heteroatoms. The van der Waals surface area contributed by atoms with Gasteiger partial charge in [0.15, 0.2) is 5.96 Å². The summed E-state index contributed by atoms with van der Waals surface area (Å²) in [6.45, 7) is 8.39. The smallest absolute Gasteiger partial charge is 0.212 e. The standard InChI is InChI=1S/C23H32N4O3/c1-4-24-23(26-13-18-6-8-22(28-3)25-12-18)27-14-20-7-5-17(2)11-21(20)30-16-19-9-10-29-15-19/h5-8,11-12,19H,4,9-10,13-16H2,1-3H3,(H2,24,26,27). The van der Waals surface area contributed by atoms with Crippen LogP contribution in [0.4, 0.5) is 0 Å². The normalized spacial score (nSPS) is 16.4. The third-order valence-electron chi connectivity index (χ3n) is 4.94. The molecule has 1 aromatic heterocycles. The van der Waals surface area contributed by atoms with Crippen LogP contribution in [0.25, 0.3) is 0 Å². The fraction of sp³-hybridized carbons (Fsp3) is 0.478. The van der Waals surface area contributed by atoms with Crippen LogP contribution in [0.2, 0.25) is 0 Å². The highest BCUT2D eigenvalue weighted by molar-refractivity contribution is 5.79. The number of pyridine rings is 1. The van der Waals surface area contributed by atoms with E-state index in [-0.39, 0.29) is 0 Å². The maximum Gasteiger partial charge on any atom is 0.212 e. The Balaban J connectivity index is 1.61. The van der Waals surface area contributed by atoms with Gasteiger partial charge in [0.25, 0.3) is 0 Å². The van der Waals surface area contributed by atoms with Gasteiger partial charge in [-0.25, -0.2) is 9.98 Å². The molecule has 2 N–H and O–H groups in total. The summed E-state index contributed by atoms with van der Waals surface area (Å²) >= 11 is 0. The van der Waals surface area contributed by atoms with Crippen LogP contribution in [-0.2, 0) is 17.8 Å². The van der Waals surface area contributed by atoms with Crippen LogP contribution >= 0.6 is 0 Å². The average Bonchev–Trinajstić information content (AvgIpc) is 3.29. The Labute approximate surface area is 178 Å². The molecule has 3 rings (SSSR count). The van der Waals surface area contributed by atoms with Crippen molar-refractivity contribution in [2.45, 2.75) is 33.4 Å². The second kappa shape index (κ2) is 11.4. The summed E-state index contributed by atoms with van der Waals surface area (Å²) in [6.07, 6.45) is 2.85. The molecule has 2 aromatic rings. The van der Waals surface area contributed by atoms with Gasteiger partial charge in [0.1, 0.15) is 5.75 Å². The molecule has 1 fully saturated rings. The van der Waals surface area contributed by atoms with Crippen LogP contribution in [-0.4, -0.2) is 44.4 Å². The lowest BCUT2D eigenvalue weighted by Gasteiger charge is -2.17. The van der Waals surface area contributed by atoms with Gasteiger partial charge < -0.3 is 24.8 Å². The molecule has 0 amide bonds. The van der Waals surface area contributed by atoms with Crippen LogP contribution in [0.3, 0.4) is 0 Å². The lowest BCUT2D eigenvalue weighted by Crippen LogP contribution is -2.36. The Kier molecular flexibility index (Phi) is 8.32. The van der Waals surface area contributed by atoms with Crippen molar-refractivity contribution >= 4 is 5.96 Å². The third-order valence-corrected chi connectivity index (χ3v) is 4.94. The maximum absolute atomic E-state index is 6.14. The topological polar surface area (TPSA) is 77.0 Å². The summed E-state index contributed by atoms with van der Waals surface area (Å²) in [6, 6.07) is 10.1. The van der Waals surface area contributed by atoms with Crippen LogP contribution < -0.4 is 20.1 Å². The van der Waals surface area contributed by atoms with Gasteiger partial charge in [-0.3, -0.25) is 0 Å². The highest BCUT2D eigenvalue weighted by Crippen LogP contribution is 2.22. The molecule has 0 aliphatic carbocycles. The molecule has 1 aliphatic heterocycles. The van der Waals surface area contributed by atoms with Gasteiger partial charge in [-0.2, -0.15) is 0 Å². The number of methoxy groups -OCH3 is 1. The molecule has 0 bridgehead atoms. The summed E-state index contributed by atoms with van der Waals surface area (Å²) in [4.78, 5) is 8.90. The summed E-state index contributed by atoms with van der Waals surface area (Å²) in [7, 11) is 1.61. The van der Waals surface area contributed by atoms with Crippen LogP contribution in [0, 0.1) is 12.8 Å². The Hall–Kier alpha value is -2.80. The molecule has 162 valence electrons. The van der Waals surface area contributed by atoms with Gasteiger partial charge in [-0.1, -0.05) is 18.2 Å². The van der Waals surface area contributed by atoms with Crippen molar-refractivity contribution in [1.29, 1.82) is 0 Å². The number of nitrogens with one attached hydrogen (secondary N) is 2. The number of ether oxygens (including phenoxy) is 3. The van der Waals surface area contributed by atoms with Crippen LogP contribution in [0.5, 0.6) is 11.6 Å². The molecule has 0 saturated carbocycles. The van der Waals surface area contributed by atoms with Crippen molar-refractivity contribution < 1.29 is 14.2 Å². The van der Waals surface area contributed by atoms with Gasteiger partial charge >= 0.3 is 0 Å². The van der Waals surface area contributed by atoms with E-state index in [1.54, 1.807) is 13.3 Å². The highest BCUT2D eigenvalue weighted by atomic mass is 16.5. The van der Waals surface area contributed by atoms with Crippen molar-refractivity contribution in [3.8, 4) is 11.6 Å². The van der Waals surface area contributed by atoms with Gasteiger partial charge in [0.05, 0.1) is 26.9 Å². The molecule has 30 heavy (non-hydrogen) atoms. The van der Waals surface area contributed by atoms with E-state index < -0.39 is 0 Å². The lowest BCUT2D eigenvalue weighted by molar-refractivity contribution is 0.166. The molecule has 1 saturated heterocycles. The Morgan fingerprint density at radius 2 is 2.17 bits per heavy atom. The fourth-order valence-corrected chi connectivity index (χ4v) is 3.18. The summed E-state index contributed by atoms with van der Waals surface area (Å²) < 4.78 is 16.7. The van der Waals surface area contributed by atoms with Crippen molar-refractivity contribution in [1.82, 2.24) is 15.6 Å². The first-order chi connectivity index (χ1) is 14.7. The van der Waals surface area contributed by atoms with Crippen LogP contribution in [0.1, 0.15) is 30.0 Å².